The highest BCUT2D eigenvalue weighted by Gasteiger charge is 2.31. The summed E-state index contributed by atoms with van der Waals surface area (Å²) in [5, 5.41) is 7.63. The van der Waals surface area contributed by atoms with Crippen molar-refractivity contribution in [1.29, 1.82) is 0 Å². The number of methoxy groups -OCH3 is 1. The number of hydrogen-bond acceptors (Lipinski definition) is 7. The van der Waals surface area contributed by atoms with Gasteiger partial charge in [0.05, 0.1) is 13.5 Å². The maximum atomic E-state index is 13.4. The summed E-state index contributed by atoms with van der Waals surface area (Å²) in [5.41, 5.74) is 4.65. The largest absolute Gasteiger partial charge is 0.497 e. The van der Waals surface area contributed by atoms with Crippen LogP contribution in [0.2, 0.25) is 0 Å². The lowest BCUT2D eigenvalue weighted by Crippen LogP contribution is -2.47. The first kappa shape index (κ1) is 28.3. The summed E-state index contributed by atoms with van der Waals surface area (Å²) < 4.78 is 16.8. The third kappa shape index (κ3) is 6.73. The number of ketones is 1. The van der Waals surface area contributed by atoms with Crippen LogP contribution in [-0.4, -0.2) is 48.9 Å². The number of amidine groups is 1. The molecule has 1 aromatic heterocycles. The van der Waals surface area contributed by atoms with Crippen molar-refractivity contribution >= 4 is 34.1 Å². The molecule has 0 spiro atoms. The lowest BCUT2D eigenvalue weighted by atomic mass is 10.0. The van der Waals surface area contributed by atoms with E-state index in [-0.39, 0.29) is 24.2 Å². The number of nitrogens with one attached hydrogen (secondary N) is 3. The number of ether oxygens (including phenoxy) is 3. The van der Waals surface area contributed by atoms with Gasteiger partial charge in [0.15, 0.2) is 23.4 Å². The van der Waals surface area contributed by atoms with Crippen molar-refractivity contribution in [1.82, 2.24) is 20.6 Å². The van der Waals surface area contributed by atoms with E-state index in [1.54, 1.807) is 13.3 Å². The Hall–Kier alpha value is -4.27. The fourth-order valence-electron chi connectivity index (χ4n) is 5.29. The average Bonchev–Trinajstić information content (AvgIpc) is 3.60. The number of fused-ring (bicyclic) bond motifs is 2. The standard InChI is InChI=1S/C32H38N4O5/c1-4-22(37)8-6-5-7-9-27(32-33-19-28(36-32)21-10-13-29-30(16-21)41-15-14-40-29)35-31(38)18-24-20(2)34-26-12-11-23(39-3)17-25(24)26/h10-13,16-17,19,27,34,36H,4-9,14-15,18H2,1-3H3,(H,35,38)/q+1/t27-/m0/s1. The number of aryl methyl sites for hydroxylation is 1. The zero-order chi connectivity index (χ0) is 28.8. The molecule has 0 saturated carbocycles. The minimum atomic E-state index is -0.296. The molecule has 1 atom stereocenters. The lowest BCUT2D eigenvalue weighted by molar-refractivity contribution is -0.121. The highest BCUT2D eigenvalue weighted by atomic mass is 16.6. The molecule has 0 unspecified atom stereocenters. The Labute approximate surface area is 240 Å². The van der Waals surface area contributed by atoms with Crippen LogP contribution in [0, 0.1) is 6.92 Å². The highest BCUT2D eigenvalue weighted by Crippen LogP contribution is 2.33. The van der Waals surface area contributed by atoms with Crippen LogP contribution in [0.1, 0.15) is 62.3 Å². The maximum absolute atomic E-state index is 13.4. The summed E-state index contributed by atoms with van der Waals surface area (Å²) in [6.45, 7) is 4.94. The Morgan fingerprint density at radius 1 is 1.07 bits per heavy atom. The van der Waals surface area contributed by atoms with Crippen molar-refractivity contribution in [3.05, 3.63) is 59.4 Å². The number of aromatic nitrogens is 1. The van der Waals surface area contributed by atoms with E-state index in [9.17, 15) is 9.59 Å². The topological polar surface area (TPSA) is 116 Å². The van der Waals surface area contributed by atoms with E-state index in [0.29, 0.717) is 44.1 Å². The van der Waals surface area contributed by atoms with Crippen LogP contribution in [0.5, 0.6) is 17.2 Å². The van der Waals surface area contributed by atoms with Crippen molar-refractivity contribution in [2.45, 2.75) is 64.8 Å². The van der Waals surface area contributed by atoms with E-state index in [4.69, 9.17) is 14.2 Å². The lowest BCUT2D eigenvalue weighted by Gasteiger charge is -2.19. The van der Waals surface area contributed by atoms with Crippen molar-refractivity contribution in [2.75, 3.05) is 20.3 Å². The van der Waals surface area contributed by atoms with Gasteiger partial charge in [0.2, 0.25) is 5.91 Å². The molecule has 0 bridgehead atoms. The van der Waals surface area contributed by atoms with Gasteiger partial charge in [-0.25, -0.2) is 5.32 Å². The molecule has 9 heteroatoms. The number of carbonyl (C=O) groups is 2. The molecule has 2 aromatic carbocycles. The van der Waals surface area contributed by atoms with Crippen LogP contribution < -0.4 is 29.8 Å². The molecule has 3 N–H and O–H groups in total. The molecular formula is C32H38N4O5+. The van der Waals surface area contributed by atoms with Gasteiger partial charge in [0.1, 0.15) is 30.8 Å². The van der Waals surface area contributed by atoms with Gasteiger partial charge in [-0.15, -0.1) is 0 Å². The number of amides is 1. The molecule has 3 aromatic rings. The summed E-state index contributed by atoms with van der Waals surface area (Å²) in [6, 6.07) is 11.4. The van der Waals surface area contributed by atoms with Crippen LogP contribution >= 0.6 is 0 Å². The molecule has 215 valence electrons. The van der Waals surface area contributed by atoms with Gasteiger partial charge in [0.25, 0.3) is 0 Å². The third-order valence-corrected chi connectivity index (χ3v) is 7.62. The first-order chi connectivity index (χ1) is 19.9. The number of rotatable bonds is 13. The Bertz CT molecular complexity index is 1490. The summed E-state index contributed by atoms with van der Waals surface area (Å²) in [7, 11) is 1.64. The highest BCUT2D eigenvalue weighted by molar-refractivity contribution is 6.00. The summed E-state index contributed by atoms with van der Waals surface area (Å²) in [6.07, 6.45) is 6.54. The summed E-state index contributed by atoms with van der Waals surface area (Å²) in [4.78, 5) is 33.2. The molecule has 5 rings (SSSR count). The van der Waals surface area contributed by atoms with Crippen molar-refractivity contribution in [3.8, 4) is 17.2 Å². The molecule has 2 aliphatic heterocycles. The molecule has 0 fully saturated rings. The smallest absolute Gasteiger partial charge is 0.319 e. The number of aromatic amines is 1. The Morgan fingerprint density at radius 3 is 2.71 bits per heavy atom. The first-order valence-electron chi connectivity index (χ1n) is 14.4. The fourth-order valence-corrected chi connectivity index (χ4v) is 5.29. The summed E-state index contributed by atoms with van der Waals surface area (Å²) >= 11 is 0. The van der Waals surface area contributed by atoms with Crippen molar-refractivity contribution < 1.29 is 23.8 Å². The number of H-pyrrole nitrogens is 1. The van der Waals surface area contributed by atoms with Gasteiger partial charge in [0, 0.05) is 35.0 Å². The molecule has 1 amide bonds. The number of benzene rings is 2. The fraction of sp³-hybridized carbons (Fsp3) is 0.406. The average molecular weight is 559 g/mol. The number of aliphatic imine (C=N–C) groups is 1. The van der Waals surface area contributed by atoms with Crippen LogP contribution in [-0.2, 0) is 16.0 Å². The Kier molecular flexibility index (Phi) is 8.91. The van der Waals surface area contributed by atoms with E-state index < -0.39 is 0 Å². The number of hydrogen-bond donors (Lipinski definition) is 3. The van der Waals surface area contributed by atoms with E-state index in [2.05, 4.69) is 20.6 Å². The van der Waals surface area contributed by atoms with Gasteiger partial charge < -0.3 is 24.5 Å². The second-order valence-electron chi connectivity index (χ2n) is 10.5. The molecule has 0 saturated heterocycles. The minimum Gasteiger partial charge on any atom is -0.497 e. The second-order valence-corrected chi connectivity index (χ2v) is 10.5. The van der Waals surface area contributed by atoms with Crippen molar-refractivity contribution in [2.24, 2.45) is 0 Å². The predicted octanol–water partition coefficient (Wildman–Crippen LogP) is 4.55. The van der Waals surface area contributed by atoms with Gasteiger partial charge in [-0.05, 0) is 66.7 Å². The van der Waals surface area contributed by atoms with Gasteiger partial charge >= 0.3 is 5.84 Å². The van der Waals surface area contributed by atoms with E-state index in [1.165, 1.54) is 0 Å². The molecule has 3 heterocycles. The first-order valence-corrected chi connectivity index (χ1v) is 14.4. The van der Waals surface area contributed by atoms with Gasteiger partial charge in [-0.2, -0.15) is 0 Å². The predicted molar refractivity (Wildman–Crippen MR) is 159 cm³/mol. The molecule has 9 nitrogen and oxygen atoms in total. The van der Waals surface area contributed by atoms with Crippen LogP contribution in [0.15, 0.2) is 42.6 Å². The number of Topliss-reactive ketones (excluding diaryl/α,β-unsaturated/α-hetero) is 1. The van der Waals surface area contributed by atoms with Crippen LogP contribution in [0.3, 0.4) is 0 Å². The van der Waals surface area contributed by atoms with E-state index in [1.807, 2.05) is 50.2 Å². The second kappa shape index (κ2) is 12.9. The summed E-state index contributed by atoms with van der Waals surface area (Å²) in [5.74, 6) is 3.10. The Balaban J connectivity index is 1.27. The van der Waals surface area contributed by atoms with Crippen LogP contribution in [0.25, 0.3) is 16.6 Å². The third-order valence-electron chi connectivity index (χ3n) is 7.62. The van der Waals surface area contributed by atoms with E-state index >= 15 is 0 Å². The minimum absolute atomic E-state index is 0.0831. The molecule has 0 aliphatic carbocycles. The zero-order valence-corrected chi connectivity index (χ0v) is 24.0. The molecule has 41 heavy (non-hydrogen) atoms. The monoisotopic (exact) mass is 558 g/mol. The number of nitrogens with zero attached hydrogens (tertiary/aromatic N) is 1. The quantitative estimate of drug-likeness (QED) is 0.265. The zero-order valence-electron chi connectivity index (χ0n) is 24.0. The number of carbonyl (C=O) groups excluding carboxylic acids is 2. The SMILES string of the molecule is CCC(=O)CCCCC[C@H](NC(=O)Cc1c(C)[nH]c2ccc(OC)cc12)C1=[N+]C=C(c2ccc3c(c2)OCCO3)N1. The number of unbranched alkanes of at least 4 members (excludes halogenated alkanes) is 2. The molecular weight excluding hydrogens is 520 g/mol. The van der Waals surface area contributed by atoms with E-state index in [0.717, 1.165) is 64.2 Å². The Morgan fingerprint density at radius 2 is 1.90 bits per heavy atom. The van der Waals surface area contributed by atoms with Crippen molar-refractivity contribution in [3.63, 3.8) is 0 Å². The van der Waals surface area contributed by atoms with Gasteiger partial charge in [-0.3, -0.25) is 9.59 Å². The van der Waals surface area contributed by atoms with Crippen LogP contribution in [0.4, 0.5) is 0 Å². The maximum Gasteiger partial charge on any atom is 0.319 e. The van der Waals surface area contributed by atoms with Gasteiger partial charge in [-0.1, -0.05) is 19.8 Å². The molecule has 1 radical (unpaired) electrons. The normalized spacial score (nSPS) is 14.7. The molecule has 2 aliphatic rings.